The van der Waals surface area contributed by atoms with Crippen molar-refractivity contribution >= 4 is 18.3 Å². The number of morpholine rings is 1. The molecule has 1 amide bonds. The highest BCUT2D eigenvalue weighted by Crippen LogP contribution is 2.10. The van der Waals surface area contributed by atoms with Gasteiger partial charge in [-0.1, -0.05) is 24.3 Å². The molecule has 0 atom stereocenters. The highest BCUT2D eigenvalue weighted by molar-refractivity contribution is 5.85. The van der Waals surface area contributed by atoms with Crippen molar-refractivity contribution in [1.29, 1.82) is 0 Å². The summed E-state index contributed by atoms with van der Waals surface area (Å²) in [5.74, 6) is 0.316. The average Bonchev–Trinajstić information content (AvgIpc) is 2.46. The molecule has 122 valence electrons. The average molecular weight is 326 g/mol. The van der Waals surface area contributed by atoms with Crippen LogP contribution in [-0.2, 0) is 22.6 Å². The SMILES string of the molecule is Cl.O=C(NCc1ccc(CN2CCOCC2)cc1)C1CNC1. The lowest BCUT2D eigenvalue weighted by molar-refractivity contribution is -0.126. The first-order valence-corrected chi connectivity index (χ1v) is 7.67. The number of hydrogen-bond donors (Lipinski definition) is 2. The lowest BCUT2D eigenvalue weighted by Crippen LogP contribution is -2.50. The Bertz CT molecular complexity index is 471. The van der Waals surface area contributed by atoms with Gasteiger partial charge in [0.25, 0.3) is 0 Å². The molecule has 5 nitrogen and oxygen atoms in total. The summed E-state index contributed by atoms with van der Waals surface area (Å²) in [6.45, 7) is 6.90. The minimum atomic E-state index is 0. The molecule has 2 saturated heterocycles. The van der Waals surface area contributed by atoms with E-state index in [1.165, 1.54) is 5.56 Å². The summed E-state index contributed by atoms with van der Waals surface area (Å²) in [5, 5.41) is 6.11. The van der Waals surface area contributed by atoms with Crippen molar-refractivity contribution in [2.24, 2.45) is 5.92 Å². The number of carbonyl (C=O) groups is 1. The van der Waals surface area contributed by atoms with Crippen molar-refractivity contribution in [2.45, 2.75) is 13.1 Å². The molecule has 0 unspecified atom stereocenters. The summed E-state index contributed by atoms with van der Waals surface area (Å²) in [6.07, 6.45) is 0. The molecule has 0 aliphatic carbocycles. The summed E-state index contributed by atoms with van der Waals surface area (Å²) in [6, 6.07) is 8.52. The summed E-state index contributed by atoms with van der Waals surface area (Å²) >= 11 is 0. The largest absolute Gasteiger partial charge is 0.379 e. The lowest BCUT2D eigenvalue weighted by Gasteiger charge is -2.26. The van der Waals surface area contributed by atoms with Crippen LogP contribution < -0.4 is 10.6 Å². The van der Waals surface area contributed by atoms with E-state index in [1.807, 2.05) is 0 Å². The van der Waals surface area contributed by atoms with Crippen molar-refractivity contribution in [3.8, 4) is 0 Å². The van der Waals surface area contributed by atoms with E-state index in [2.05, 4.69) is 39.8 Å². The highest BCUT2D eigenvalue weighted by atomic mass is 35.5. The number of halogens is 1. The van der Waals surface area contributed by atoms with Crippen LogP contribution in [0, 0.1) is 5.92 Å². The fraction of sp³-hybridized carbons (Fsp3) is 0.562. The molecule has 2 aliphatic heterocycles. The predicted octanol–water partition coefficient (Wildman–Crippen LogP) is 0.776. The zero-order valence-corrected chi connectivity index (χ0v) is 13.5. The second-order valence-corrected chi connectivity index (χ2v) is 5.78. The van der Waals surface area contributed by atoms with Crippen LogP contribution in [0.1, 0.15) is 11.1 Å². The molecular weight excluding hydrogens is 302 g/mol. The number of nitrogens with one attached hydrogen (secondary N) is 2. The van der Waals surface area contributed by atoms with E-state index in [4.69, 9.17) is 4.74 Å². The van der Waals surface area contributed by atoms with Gasteiger partial charge in [0.05, 0.1) is 19.1 Å². The van der Waals surface area contributed by atoms with Crippen LogP contribution in [-0.4, -0.2) is 50.2 Å². The van der Waals surface area contributed by atoms with Crippen LogP contribution >= 0.6 is 12.4 Å². The van der Waals surface area contributed by atoms with E-state index in [0.29, 0.717) is 6.54 Å². The van der Waals surface area contributed by atoms with Gasteiger partial charge in [-0.2, -0.15) is 0 Å². The molecule has 2 heterocycles. The lowest BCUT2D eigenvalue weighted by atomic mass is 10.0. The molecule has 0 saturated carbocycles. The van der Waals surface area contributed by atoms with E-state index in [-0.39, 0.29) is 24.2 Å². The van der Waals surface area contributed by atoms with E-state index >= 15 is 0 Å². The van der Waals surface area contributed by atoms with E-state index in [0.717, 1.165) is 51.5 Å². The smallest absolute Gasteiger partial charge is 0.225 e. The first kappa shape index (κ1) is 17.2. The maximum atomic E-state index is 11.8. The first-order valence-electron chi connectivity index (χ1n) is 7.67. The molecule has 0 radical (unpaired) electrons. The molecule has 0 aromatic heterocycles. The Morgan fingerprint density at radius 2 is 1.82 bits per heavy atom. The molecule has 1 aromatic rings. The van der Waals surface area contributed by atoms with Crippen molar-refractivity contribution in [3.63, 3.8) is 0 Å². The zero-order valence-electron chi connectivity index (χ0n) is 12.7. The van der Waals surface area contributed by atoms with Crippen LogP contribution in [0.2, 0.25) is 0 Å². The topological polar surface area (TPSA) is 53.6 Å². The van der Waals surface area contributed by atoms with Crippen LogP contribution in [0.25, 0.3) is 0 Å². The van der Waals surface area contributed by atoms with Gasteiger partial charge in [0.2, 0.25) is 5.91 Å². The predicted molar refractivity (Wildman–Crippen MR) is 88.0 cm³/mol. The van der Waals surface area contributed by atoms with Crippen LogP contribution in [0.5, 0.6) is 0 Å². The fourth-order valence-electron chi connectivity index (χ4n) is 2.59. The number of hydrogen-bond acceptors (Lipinski definition) is 4. The van der Waals surface area contributed by atoms with Crippen LogP contribution in [0.4, 0.5) is 0 Å². The van der Waals surface area contributed by atoms with E-state index in [9.17, 15) is 4.79 Å². The molecule has 2 aliphatic rings. The number of amides is 1. The van der Waals surface area contributed by atoms with Gasteiger partial charge in [-0.05, 0) is 11.1 Å². The van der Waals surface area contributed by atoms with Gasteiger partial charge in [-0.15, -0.1) is 12.4 Å². The summed E-state index contributed by atoms with van der Waals surface area (Å²) < 4.78 is 5.36. The minimum Gasteiger partial charge on any atom is -0.379 e. The van der Waals surface area contributed by atoms with E-state index < -0.39 is 0 Å². The number of nitrogens with zero attached hydrogens (tertiary/aromatic N) is 1. The molecule has 0 spiro atoms. The van der Waals surface area contributed by atoms with Gasteiger partial charge < -0.3 is 15.4 Å². The minimum absolute atomic E-state index is 0. The zero-order chi connectivity index (χ0) is 14.5. The molecule has 0 bridgehead atoms. The van der Waals surface area contributed by atoms with Gasteiger partial charge in [0, 0.05) is 39.3 Å². The maximum absolute atomic E-state index is 11.8. The Kier molecular flexibility index (Phi) is 6.64. The molecule has 22 heavy (non-hydrogen) atoms. The van der Waals surface area contributed by atoms with Gasteiger partial charge in [-0.3, -0.25) is 9.69 Å². The Morgan fingerprint density at radius 1 is 1.18 bits per heavy atom. The molecule has 2 N–H and O–H groups in total. The maximum Gasteiger partial charge on any atom is 0.225 e. The monoisotopic (exact) mass is 325 g/mol. The third kappa shape index (κ3) is 4.68. The number of rotatable bonds is 5. The highest BCUT2D eigenvalue weighted by Gasteiger charge is 2.24. The van der Waals surface area contributed by atoms with Crippen LogP contribution in [0.3, 0.4) is 0 Å². The van der Waals surface area contributed by atoms with Gasteiger partial charge in [0.1, 0.15) is 0 Å². The normalized spacial score (nSPS) is 19.1. The van der Waals surface area contributed by atoms with Gasteiger partial charge in [0.15, 0.2) is 0 Å². The molecule has 6 heteroatoms. The summed E-state index contributed by atoms with van der Waals surface area (Å²) in [4.78, 5) is 14.2. The Labute approximate surface area is 137 Å². The van der Waals surface area contributed by atoms with Crippen molar-refractivity contribution in [1.82, 2.24) is 15.5 Å². The number of ether oxygens (including phenoxy) is 1. The van der Waals surface area contributed by atoms with Crippen molar-refractivity contribution in [2.75, 3.05) is 39.4 Å². The quantitative estimate of drug-likeness (QED) is 0.840. The first-order chi connectivity index (χ1) is 10.3. The number of carbonyl (C=O) groups excluding carboxylic acids is 1. The Balaban J connectivity index is 0.00000176. The summed E-state index contributed by atoms with van der Waals surface area (Å²) in [7, 11) is 0. The summed E-state index contributed by atoms with van der Waals surface area (Å²) in [5.41, 5.74) is 2.47. The van der Waals surface area contributed by atoms with Crippen molar-refractivity contribution in [3.05, 3.63) is 35.4 Å². The second kappa shape index (κ2) is 8.48. The molecule has 1 aromatic carbocycles. The second-order valence-electron chi connectivity index (χ2n) is 5.78. The third-order valence-electron chi connectivity index (χ3n) is 4.15. The molecular formula is C16H24ClN3O2. The standard InChI is InChI=1S/C16H23N3O2.ClH/c20-16(15-10-17-11-15)18-9-13-1-3-14(4-2-13)12-19-5-7-21-8-6-19;/h1-4,15,17H,5-12H2,(H,18,20);1H. The Morgan fingerprint density at radius 3 is 2.41 bits per heavy atom. The van der Waals surface area contributed by atoms with Gasteiger partial charge >= 0.3 is 0 Å². The van der Waals surface area contributed by atoms with Crippen LogP contribution in [0.15, 0.2) is 24.3 Å². The van der Waals surface area contributed by atoms with Crippen molar-refractivity contribution < 1.29 is 9.53 Å². The molecule has 3 rings (SSSR count). The molecule has 2 fully saturated rings. The van der Waals surface area contributed by atoms with Gasteiger partial charge in [-0.25, -0.2) is 0 Å². The van der Waals surface area contributed by atoms with E-state index in [1.54, 1.807) is 0 Å². The fourth-order valence-corrected chi connectivity index (χ4v) is 2.59. The third-order valence-corrected chi connectivity index (χ3v) is 4.15. The Hall–Kier alpha value is -1.14. The number of benzene rings is 1.